The molecule has 2 fully saturated rings. The molecule has 2 heterocycles. The molecule has 122 valence electrons. The molecule has 1 aromatic heterocycles. The highest BCUT2D eigenvalue weighted by Gasteiger charge is 2.36. The third-order valence-electron chi connectivity index (χ3n) is 4.68. The summed E-state index contributed by atoms with van der Waals surface area (Å²) in [6.07, 6.45) is 3.23. The van der Waals surface area contributed by atoms with E-state index in [4.69, 9.17) is 4.42 Å². The number of furan rings is 1. The van der Waals surface area contributed by atoms with Gasteiger partial charge in [-0.05, 0) is 37.3 Å². The number of hydrogen-bond donors (Lipinski definition) is 1. The summed E-state index contributed by atoms with van der Waals surface area (Å²) in [5.41, 5.74) is 0. The Morgan fingerprint density at radius 1 is 1.32 bits per heavy atom. The van der Waals surface area contributed by atoms with E-state index >= 15 is 0 Å². The van der Waals surface area contributed by atoms with Crippen molar-refractivity contribution in [2.24, 2.45) is 5.92 Å². The van der Waals surface area contributed by atoms with Crippen LogP contribution < -0.4 is 5.32 Å². The van der Waals surface area contributed by atoms with E-state index in [1.54, 1.807) is 0 Å². The van der Waals surface area contributed by atoms with Gasteiger partial charge in [0.15, 0.2) is 0 Å². The largest absolute Gasteiger partial charge is 0.466 e. The van der Waals surface area contributed by atoms with Crippen molar-refractivity contribution in [1.29, 1.82) is 0 Å². The van der Waals surface area contributed by atoms with Crippen molar-refractivity contribution < 1.29 is 17.6 Å². The molecule has 2 aliphatic rings. The first-order chi connectivity index (χ1) is 10.4. The Morgan fingerprint density at radius 2 is 2.00 bits per heavy atom. The summed E-state index contributed by atoms with van der Waals surface area (Å²) in [6, 6.07) is 3.98. The van der Waals surface area contributed by atoms with Gasteiger partial charge in [0.25, 0.3) is 0 Å². The lowest BCUT2D eigenvalue weighted by Gasteiger charge is -2.22. The zero-order chi connectivity index (χ0) is 15.7. The summed E-state index contributed by atoms with van der Waals surface area (Å²) < 4.78 is 28.5. The van der Waals surface area contributed by atoms with E-state index in [0.717, 1.165) is 11.5 Å². The molecule has 0 spiro atoms. The number of hydrogen-bond acceptors (Lipinski definition) is 4. The fraction of sp³-hybridized carbons (Fsp3) is 0.688. The Labute approximate surface area is 131 Å². The third kappa shape index (κ3) is 3.91. The van der Waals surface area contributed by atoms with Gasteiger partial charge in [-0.25, -0.2) is 8.42 Å². The first kappa shape index (κ1) is 15.6. The molecule has 6 heteroatoms. The van der Waals surface area contributed by atoms with Crippen LogP contribution in [0.5, 0.6) is 0 Å². The lowest BCUT2D eigenvalue weighted by molar-refractivity contribution is -0.121. The molecular weight excluding hydrogens is 302 g/mol. The Hall–Kier alpha value is -1.30. The number of nitrogens with one attached hydrogen (secondary N) is 1. The molecule has 0 radical (unpaired) electrons. The van der Waals surface area contributed by atoms with E-state index in [1.165, 1.54) is 6.42 Å². The minimum absolute atomic E-state index is 0.00417. The summed E-state index contributed by atoms with van der Waals surface area (Å²) in [5.74, 6) is 3.51. The highest BCUT2D eigenvalue weighted by molar-refractivity contribution is 7.91. The van der Waals surface area contributed by atoms with Crippen molar-refractivity contribution >= 4 is 15.7 Å². The number of sulfone groups is 1. The quantitative estimate of drug-likeness (QED) is 0.898. The molecule has 1 aliphatic heterocycles. The smallest absolute Gasteiger partial charge is 0.220 e. The van der Waals surface area contributed by atoms with Gasteiger partial charge in [0.05, 0.1) is 11.5 Å². The van der Waals surface area contributed by atoms with E-state index in [2.05, 4.69) is 12.2 Å². The molecule has 1 saturated carbocycles. The van der Waals surface area contributed by atoms with Crippen LogP contribution in [0.15, 0.2) is 16.5 Å². The van der Waals surface area contributed by atoms with Gasteiger partial charge >= 0.3 is 0 Å². The number of carbonyl (C=O) groups is 1. The van der Waals surface area contributed by atoms with Crippen molar-refractivity contribution in [2.45, 2.75) is 51.0 Å². The van der Waals surface area contributed by atoms with E-state index in [-0.39, 0.29) is 23.5 Å². The van der Waals surface area contributed by atoms with Crippen molar-refractivity contribution in [3.05, 3.63) is 23.7 Å². The van der Waals surface area contributed by atoms with E-state index in [1.807, 2.05) is 12.1 Å². The average Bonchev–Trinajstić information content (AvgIpc) is 3.00. The van der Waals surface area contributed by atoms with Crippen molar-refractivity contribution in [1.82, 2.24) is 5.32 Å². The predicted octanol–water partition coefficient (Wildman–Crippen LogP) is 2.03. The van der Waals surface area contributed by atoms with Gasteiger partial charge in [0.2, 0.25) is 5.91 Å². The van der Waals surface area contributed by atoms with Gasteiger partial charge in [0.1, 0.15) is 21.4 Å². The summed E-state index contributed by atoms with van der Waals surface area (Å²) in [5, 5.41) is 2.93. The second-order valence-electron chi connectivity index (χ2n) is 6.62. The molecule has 2 atom stereocenters. The number of carbonyl (C=O) groups excluding carboxylic acids is 1. The molecule has 3 rings (SSSR count). The topological polar surface area (TPSA) is 76.4 Å². The average molecular weight is 325 g/mol. The second-order valence-corrected chi connectivity index (χ2v) is 8.92. The summed E-state index contributed by atoms with van der Waals surface area (Å²) in [7, 11) is -2.88. The Balaban J connectivity index is 1.42. The van der Waals surface area contributed by atoms with Crippen molar-refractivity contribution in [2.75, 3.05) is 11.5 Å². The number of aryl methyl sites for hydroxylation is 1. The van der Waals surface area contributed by atoms with Crippen molar-refractivity contribution in [3.8, 4) is 0 Å². The summed E-state index contributed by atoms with van der Waals surface area (Å²) >= 11 is 0. The predicted molar refractivity (Wildman–Crippen MR) is 83.4 cm³/mol. The van der Waals surface area contributed by atoms with E-state index in [9.17, 15) is 13.2 Å². The zero-order valence-corrected chi connectivity index (χ0v) is 13.7. The van der Waals surface area contributed by atoms with E-state index < -0.39 is 9.84 Å². The SMILES string of the molecule is CC1CC1c1ccc(CCC(=O)NC2CCS(=O)(=O)CC2)o1. The molecule has 1 aliphatic carbocycles. The molecule has 22 heavy (non-hydrogen) atoms. The monoisotopic (exact) mass is 325 g/mol. The van der Waals surface area contributed by atoms with Crippen LogP contribution in [-0.4, -0.2) is 31.9 Å². The zero-order valence-electron chi connectivity index (χ0n) is 12.9. The molecule has 0 aromatic carbocycles. The minimum Gasteiger partial charge on any atom is -0.466 e. The van der Waals surface area contributed by atoms with Gasteiger partial charge < -0.3 is 9.73 Å². The minimum atomic E-state index is -2.88. The molecule has 2 unspecified atom stereocenters. The Morgan fingerprint density at radius 3 is 2.64 bits per heavy atom. The van der Waals surface area contributed by atoms with Crippen LogP contribution in [-0.2, 0) is 21.1 Å². The van der Waals surface area contributed by atoms with Crippen LogP contribution in [0.1, 0.15) is 50.0 Å². The van der Waals surface area contributed by atoms with Gasteiger partial charge in [0, 0.05) is 24.8 Å². The Kier molecular flexibility index (Phi) is 4.30. The molecule has 1 aromatic rings. The molecule has 1 amide bonds. The summed E-state index contributed by atoms with van der Waals surface area (Å²) in [6.45, 7) is 2.21. The van der Waals surface area contributed by atoms with Gasteiger partial charge in [-0.15, -0.1) is 0 Å². The fourth-order valence-corrected chi connectivity index (χ4v) is 4.51. The van der Waals surface area contributed by atoms with Gasteiger partial charge in [-0.1, -0.05) is 6.92 Å². The first-order valence-corrected chi connectivity index (χ1v) is 9.83. The second kappa shape index (κ2) is 6.07. The van der Waals surface area contributed by atoms with Crippen LogP contribution in [0.2, 0.25) is 0 Å². The Bertz CT molecular complexity index is 635. The van der Waals surface area contributed by atoms with Crippen LogP contribution in [0, 0.1) is 5.92 Å². The maximum atomic E-state index is 11.9. The van der Waals surface area contributed by atoms with Crippen LogP contribution in [0.25, 0.3) is 0 Å². The number of amides is 1. The molecular formula is C16H23NO4S. The third-order valence-corrected chi connectivity index (χ3v) is 6.39. The van der Waals surface area contributed by atoms with Gasteiger partial charge in [-0.2, -0.15) is 0 Å². The van der Waals surface area contributed by atoms with Crippen LogP contribution in [0.3, 0.4) is 0 Å². The molecule has 5 nitrogen and oxygen atoms in total. The van der Waals surface area contributed by atoms with Crippen LogP contribution >= 0.6 is 0 Å². The lowest BCUT2D eigenvalue weighted by Crippen LogP contribution is -2.40. The van der Waals surface area contributed by atoms with Crippen molar-refractivity contribution in [3.63, 3.8) is 0 Å². The standard InChI is InChI=1S/C16H23NO4S/c1-11-10-14(11)15-4-2-13(21-15)3-5-16(18)17-12-6-8-22(19,20)9-7-12/h2,4,11-12,14H,3,5-10H2,1H3,(H,17,18). The lowest BCUT2D eigenvalue weighted by atomic mass is 10.1. The van der Waals surface area contributed by atoms with Gasteiger partial charge in [-0.3, -0.25) is 4.79 Å². The highest BCUT2D eigenvalue weighted by atomic mass is 32.2. The summed E-state index contributed by atoms with van der Waals surface area (Å²) in [4.78, 5) is 11.9. The number of rotatable bonds is 5. The van der Waals surface area contributed by atoms with Crippen LogP contribution in [0.4, 0.5) is 0 Å². The first-order valence-electron chi connectivity index (χ1n) is 8.01. The maximum Gasteiger partial charge on any atom is 0.220 e. The normalized spacial score (nSPS) is 27.5. The molecule has 0 bridgehead atoms. The molecule has 1 saturated heterocycles. The highest BCUT2D eigenvalue weighted by Crippen LogP contribution is 2.47. The molecule has 1 N–H and O–H groups in total. The maximum absolute atomic E-state index is 11.9. The fourth-order valence-electron chi connectivity index (χ4n) is 3.02. The van der Waals surface area contributed by atoms with E-state index in [0.29, 0.717) is 37.5 Å².